The molecule has 2 aromatic carbocycles. The van der Waals surface area contributed by atoms with Gasteiger partial charge < -0.3 is 10.2 Å². The Bertz CT molecular complexity index is 954. The number of carbonyl (C=O) groups is 1. The summed E-state index contributed by atoms with van der Waals surface area (Å²) in [6, 6.07) is 17.9. The lowest BCUT2D eigenvalue weighted by atomic mass is 10.1. The van der Waals surface area contributed by atoms with Gasteiger partial charge in [-0.2, -0.15) is 5.10 Å². The summed E-state index contributed by atoms with van der Waals surface area (Å²) in [5.41, 5.74) is 2.83. The molecule has 0 atom stereocenters. The fourth-order valence-electron chi connectivity index (χ4n) is 3.44. The number of nitrogens with zero attached hydrogens (tertiary/aromatic N) is 3. The molecule has 1 saturated heterocycles. The van der Waals surface area contributed by atoms with Gasteiger partial charge in [-0.3, -0.25) is 4.57 Å². The number of urea groups is 1. The third-order valence-corrected chi connectivity index (χ3v) is 4.97. The van der Waals surface area contributed by atoms with Crippen molar-refractivity contribution < 1.29 is 4.79 Å². The Morgan fingerprint density at radius 2 is 1.67 bits per heavy atom. The number of hydrogen-bond acceptors (Lipinski definition) is 3. The molecule has 0 radical (unpaired) electrons. The zero-order valence-corrected chi connectivity index (χ0v) is 14.8. The van der Waals surface area contributed by atoms with Crippen LogP contribution in [0, 0.1) is 0 Å². The maximum absolute atomic E-state index is 12.5. The van der Waals surface area contributed by atoms with E-state index in [1.54, 1.807) is 9.47 Å². The first-order valence-electron chi connectivity index (χ1n) is 9.03. The van der Waals surface area contributed by atoms with Gasteiger partial charge in [0.25, 0.3) is 0 Å². The second kappa shape index (κ2) is 7.49. The largest absolute Gasteiger partial charge is 0.343 e. The Labute approximate surface area is 156 Å². The van der Waals surface area contributed by atoms with Crippen LogP contribution in [0.25, 0.3) is 11.1 Å². The molecule has 1 fully saturated rings. The van der Waals surface area contributed by atoms with E-state index in [0.717, 1.165) is 29.7 Å². The number of hydrogen-bond donors (Lipinski definition) is 2. The van der Waals surface area contributed by atoms with E-state index in [0.29, 0.717) is 13.1 Å². The average Bonchev–Trinajstić information content (AvgIpc) is 3.15. The Balaban J connectivity index is 1.34. The van der Waals surface area contributed by atoms with Crippen molar-refractivity contribution in [1.29, 1.82) is 0 Å². The summed E-state index contributed by atoms with van der Waals surface area (Å²) in [6.07, 6.45) is 3.00. The Hall–Kier alpha value is -3.35. The van der Waals surface area contributed by atoms with E-state index in [9.17, 15) is 9.59 Å². The number of aromatic amines is 1. The maximum Gasteiger partial charge on any atom is 0.343 e. The van der Waals surface area contributed by atoms with Crippen molar-refractivity contribution in [2.75, 3.05) is 18.4 Å². The number of piperidine rings is 1. The van der Waals surface area contributed by atoms with Gasteiger partial charge in [-0.25, -0.2) is 14.7 Å². The molecule has 0 aliphatic carbocycles. The molecule has 2 amide bonds. The topological polar surface area (TPSA) is 83.0 Å². The third-order valence-electron chi connectivity index (χ3n) is 4.97. The zero-order valence-electron chi connectivity index (χ0n) is 14.8. The lowest BCUT2D eigenvalue weighted by Crippen LogP contribution is -2.42. The van der Waals surface area contributed by atoms with Gasteiger partial charge in [0.05, 0.1) is 0 Å². The molecule has 4 rings (SSSR count). The van der Waals surface area contributed by atoms with Gasteiger partial charge in [0, 0.05) is 24.8 Å². The lowest BCUT2D eigenvalue weighted by molar-refractivity contribution is 0.183. The number of amides is 2. The summed E-state index contributed by atoms with van der Waals surface area (Å²) < 4.78 is 1.61. The van der Waals surface area contributed by atoms with Gasteiger partial charge in [0.15, 0.2) is 0 Å². The van der Waals surface area contributed by atoms with Crippen molar-refractivity contribution >= 4 is 11.7 Å². The molecule has 7 heteroatoms. The molecule has 0 bridgehead atoms. The minimum absolute atomic E-state index is 0.0884. The second-order valence-corrected chi connectivity index (χ2v) is 6.66. The number of rotatable bonds is 3. The standard InChI is InChI=1S/C20H21N5O2/c26-19(24-12-10-18(11-13-24)25-14-21-23-20(25)27)22-17-8-6-16(7-9-17)15-4-2-1-3-5-15/h1-9,14,18H,10-13H2,(H,22,26)(H,23,27). The third kappa shape index (κ3) is 3.76. The number of nitrogens with one attached hydrogen (secondary N) is 2. The minimum atomic E-state index is -0.198. The zero-order chi connectivity index (χ0) is 18.6. The van der Waals surface area contributed by atoms with Crippen LogP contribution in [0.3, 0.4) is 0 Å². The smallest absolute Gasteiger partial charge is 0.324 e. The van der Waals surface area contributed by atoms with Crippen molar-refractivity contribution in [3.63, 3.8) is 0 Å². The number of likely N-dealkylation sites (tertiary alicyclic amines) is 1. The lowest BCUT2D eigenvalue weighted by Gasteiger charge is -2.32. The van der Waals surface area contributed by atoms with E-state index < -0.39 is 0 Å². The van der Waals surface area contributed by atoms with Crippen LogP contribution in [0.5, 0.6) is 0 Å². The summed E-state index contributed by atoms with van der Waals surface area (Å²) in [6.45, 7) is 1.21. The Morgan fingerprint density at radius 3 is 2.30 bits per heavy atom. The fourth-order valence-corrected chi connectivity index (χ4v) is 3.44. The Kier molecular flexibility index (Phi) is 4.74. The highest BCUT2D eigenvalue weighted by atomic mass is 16.2. The molecular weight excluding hydrogens is 342 g/mol. The molecule has 3 aromatic rings. The average molecular weight is 363 g/mol. The number of anilines is 1. The van der Waals surface area contributed by atoms with Gasteiger partial charge in [-0.15, -0.1) is 0 Å². The summed E-state index contributed by atoms with van der Waals surface area (Å²) >= 11 is 0. The quantitative estimate of drug-likeness (QED) is 0.750. The van der Waals surface area contributed by atoms with Gasteiger partial charge >= 0.3 is 11.7 Å². The van der Waals surface area contributed by atoms with Crippen molar-refractivity contribution in [3.8, 4) is 11.1 Å². The maximum atomic E-state index is 12.5. The van der Waals surface area contributed by atoms with E-state index >= 15 is 0 Å². The predicted molar refractivity (Wildman–Crippen MR) is 104 cm³/mol. The van der Waals surface area contributed by atoms with Gasteiger partial charge in [0.1, 0.15) is 6.33 Å². The molecule has 0 saturated carbocycles. The molecule has 2 heterocycles. The number of carbonyl (C=O) groups excluding carboxylic acids is 1. The van der Waals surface area contributed by atoms with Crippen LogP contribution < -0.4 is 11.0 Å². The van der Waals surface area contributed by atoms with Crippen molar-refractivity contribution in [2.45, 2.75) is 18.9 Å². The van der Waals surface area contributed by atoms with Crippen LogP contribution in [0.4, 0.5) is 10.5 Å². The van der Waals surface area contributed by atoms with Crippen molar-refractivity contribution in [3.05, 3.63) is 71.4 Å². The summed E-state index contributed by atoms with van der Waals surface area (Å²) in [5.74, 6) is 0. The molecule has 2 N–H and O–H groups in total. The molecule has 0 unspecified atom stereocenters. The van der Waals surface area contributed by atoms with E-state index in [1.807, 2.05) is 42.5 Å². The van der Waals surface area contributed by atoms with Gasteiger partial charge in [0.2, 0.25) is 0 Å². The SMILES string of the molecule is O=C(Nc1ccc(-c2ccccc2)cc1)N1CCC(n2cn[nH]c2=O)CC1. The molecule has 27 heavy (non-hydrogen) atoms. The first-order chi connectivity index (χ1) is 13.2. The first-order valence-corrected chi connectivity index (χ1v) is 9.03. The van der Waals surface area contributed by atoms with E-state index in [-0.39, 0.29) is 17.8 Å². The molecule has 138 valence electrons. The summed E-state index contributed by atoms with van der Waals surface area (Å²) in [7, 11) is 0. The van der Waals surface area contributed by atoms with Crippen molar-refractivity contribution in [1.82, 2.24) is 19.7 Å². The number of benzene rings is 2. The van der Waals surface area contributed by atoms with Crippen LogP contribution in [-0.2, 0) is 0 Å². The molecule has 0 spiro atoms. The fraction of sp³-hybridized carbons (Fsp3) is 0.250. The highest BCUT2D eigenvalue weighted by Crippen LogP contribution is 2.23. The van der Waals surface area contributed by atoms with E-state index in [1.165, 1.54) is 6.33 Å². The molecule has 7 nitrogen and oxygen atoms in total. The first kappa shape index (κ1) is 17.1. The van der Waals surface area contributed by atoms with Crippen LogP contribution in [0.15, 0.2) is 65.7 Å². The highest BCUT2D eigenvalue weighted by molar-refractivity contribution is 5.89. The van der Waals surface area contributed by atoms with Crippen LogP contribution in [0.2, 0.25) is 0 Å². The number of H-pyrrole nitrogens is 1. The number of aromatic nitrogens is 3. The second-order valence-electron chi connectivity index (χ2n) is 6.66. The van der Waals surface area contributed by atoms with Crippen molar-refractivity contribution in [2.24, 2.45) is 0 Å². The highest BCUT2D eigenvalue weighted by Gasteiger charge is 2.24. The van der Waals surface area contributed by atoms with E-state index in [4.69, 9.17) is 0 Å². The molecule has 1 aliphatic rings. The van der Waals surface area contributed by atoms with Gasteiger partial charge in [-0.05, 0) is 36.1 Å². The molecule has 1 aliphatic heterocycles. The predicted octanol–water partition coefficient (Wildman–Crippen LogP) is 3.11. The monoisotopic (exact) mass is 363 g/mol. The van der Waals surface area contributed by atoms with Gasteiger partial charge in [-0.1, -0.05) is 42.5 Å². The molecular formula is C20H21N5O2. The van der Waals surface area contributed by atoms with Crippen LogP contribution in [-0.4, -0.2) is 38.8 Å². The summed E-state index contributed by atoms with van der Waals surface area (Å²) in [4.78, 5) is 26.0. The molecule has 1 aromatic heterocycles. The summed E-state index contributed by atoms with van der Waals surface area (Å²) in [5, 5.41) is 9.13. The van der Waals surface area contributed by atoms with Crippen LogP contribution >= 0.6 is 0 Å². The normalized spacial score (nSPS) is 14.9. The van der Waals surface area contributed by atoms with E-state index in [2.05, 4.69) is 27.6 Å². The van der Waals surface area contributed by atoms with Crippen LogP contribution in [0.1, 0.15) is 18.9 Å². The minimum Gasteiger partial charge on any atom is -0.324 e. The Morgan fingerprint density at radius 1 is 1.00 bits per heavy atom.